The summed E-state index contributed by atoms with van der Waals surface area (Å²) in [6, 6.07) is 5.12. The second-order valence-corrected chi connectivity index (χ2v) is 5.15. The third kappa shape index (κ3) is 3.94. The lowest BCUT2D eigenvalue weighted by Crippen LogP contribution is -2.29. The van der Waals surface area contributed by atoms with Crippen molar-refractivity contribution in [2.24, 2.45) is 0 Å². The third-order valence-electron chi connectivity index (χ3n) is 2.69. The van der Waals surface area contributed by atoms with Crippen LogP contribution in [0.25, 0.3) is 0 Å². The number of halogens is 4. The number of carboxylic acid groups (broad SMARTS) is 1. The molecule has 9 heteroatoms. The van der Waals surface area contributed by atoms with Gasteiger partial charge in [0.1, 0.15) is 5.69 Å². The van der Waals surface area contributed by atoms with Gasteiger partial charge in [-0.25, -0.2) is 4.79 Å². The first kappa shape index (κ1) is 16.2. The number of rotatable bonds is 3. The van der Waals surface area contributed by atoms with Crippen molar-refractivity contribution < 1.29 is 23.1 Å². The van der Waals surface area contributed by atoms with E-state index in [9.17, 15) is 23.1 Å². The number of alkyl halides is 3. The Morgan fingerprint density at radius 1 is 1.27 bits per heavy atom. The van der Waals surface area contributed by atoms with Crippen LogP contribution >= 0.6 is 15.9 Å². The molecule has 0 unspecified atom stereocenters. The normalized spacial score (nSPS) is 11.3. The molecule has 1 N–H and O–H groups in total. The average Bonchev–Trinajstić information content (AvgIpc) is 2.45. The van der Waals surface area contributed by atoms with Gasteiger partial charge in [-0.15, -0.1) is 0 Å². The van der Waals surface area contributed by atoms with E-state index in [1.807, 2.05) is 0 Å². The quantitative estimate of drug-likeness (QED) is 0.881. The molecule has 1 amide bonds. The first-order chi connectivity index (χ1) is 10.3. The van der Waals surface area contributed by atoms with Crippen LogP contribution in [-0.4, -0.2) is 21.2 Å². The van der Waals surface area contributed by atoms with E-state index in [2.05, 4.69) is 25.9 Å². The summed E-state index contributed by atoms with van der Waals surface area (Å²) in [5.41, 5.74) is -0.879. The molecule has 116 valence electrons. The minimum atomic E-state index is -4.64. The van der Waals surface area contributed by atoms with Gasteiger partial charge < -0.3 is 5.11 Å². The van der Waals surface area contributed by atoms with E-state index < -0.39 is 18.0 Å². The molecule has 0 fully saturated rings. The Morgan fingerprint density at radius 3 is 2.55 bits per heavy atom. The zero-order chi connectivity index (χ0) is 16.3. The van der Waals surface area contributed by atoms with Crippen LogP contribution in [0.2, 0.25) is 0 Å². The molecule has 0 saturated carbocycles. The maximum absolute atomic E-state index is 12.7. The second-order valence-electron chi connectivity index (χ2n) is 4.23. The van der Waals surface area contributed by atoms with Crippen molar-refractivity contribution >= 4 is 27.7 Å². The minimum absolute atomic E-state index is 0.125. The maximum Gasteiger partial charge on any atom is 0.433 e. The molecule has 22 heavy (non-hydrogen) atoms. The van der Waals surface area contributed by atoms with E-state index in [1.54, 1.807) is 12.1 Å². The van der Waals surface area contributed by atoms with Crippen LogP contribution in [0.1, 0.15) is 11.4 Å². The monoisotopic (exact) mass is 375 g/mol. The molecule has 0 aromatic carbocycles. The van der Waals surface area contributed by atoms with Crippen LogP contribution in [0.5, 0.6) is 0 Å². The average molecular weight is 376 g/mol. The predicted molar refractivity (Wildman–Crippen MR) is 75.4 cm³/mol. The molecule has 0 aliphatic heterocycles. The van der Waals surface area contributed by atoms with Crippen molar-refractivity contribution in [1.29, 1.82) is 0 Å². The highest BCUT2D eigenvalue weighted by atomic mass is 79.9. The van der Waals surface area contributed by atoms with Crippen molar-refractivity contribution in [3.8, 4) is 0 Å². The molecule has 0 spiro atoms. The fourth-order valence-corrected chi connectivity index (χ4v) is 1.91. The van der Waals surface area contributed by atoms with Gasteiger partial charge in [0, 0.05) is 16.9 Å². The van der Waals surface area contributed by atoms with E-state index >= 15 is 0 Å². The van der Waals surface area contributed by atoms with Crippen LogP contribution in [0.4, 0.5) is 23.7 Å². The number of amides is 1. The molecule has 0 aliphatic rings. The Labute approximate surface area is 131 Å². The number of hydrogen-bond acceptors (Lipinski definition) is 3. The molecule has 5 nitrogen and oxygen atoms in total. The SMILES string of the molecule is O=C(O)N(Cc1ccc(Br)cn1)c1ccnc(C(F)(F)F)c1. The Kier molecular flexibility index (Phi) is 4.65. The molecule has 0 aliphatic carbocycles. The van der Waals surface area contributed by atoms with E-state index in [4.69, 9.17) is 0 Å². The molecule has 2 aromatic rings. The summed E-state index contributed by atoms with van der Waals surface area (Å²) in [6.07, 6.45) is -3.63. The van der Waals surface area contributed by atoms with Gasteiger partial charge in [-0.2, -0.15) is 13.2 Å². The van der Waals surface area contributed by atoms with Gasteiger partial charge in [-0.05, 0) is 40.2 Å². The zero-order valence-corrected chi connectivity index (χ0v) is 12.5. The predicted octanol–water partition coefficient (Wildman–Crippen LogP) is 3.94. The molecule has 0 atom stereocenters. The van der Waals surface area contributed by atoms with Crippen LogP contribution in [0, 0.1) is 0 Å². The number of anilines is 1. The van der Waals surface area contributed by atoms with Crippen LogP contribution in [-0.2, 0) is 12.7 Å². The Bertz CT molecular complexity index is 677. The highest BCUT2D eigenvalue weighted by molar-refractivity contribution is 9.10. The number of hydrogen-bond donors (Lipinski definition) is 1. The van der Waals surface area contributed by atoms with Crippen molar-refractivity contribution in [2.75, 3.05) is 4.90 Å². The van der Waals surface area contributed by atoms with Crippen LogP contribution in [0.15, 0.2) is 41.1 Å². The topological polar surface area (TPSA) is 66.3 Å². The molecule has 0 radical (unpaired) electrons. The Hall–Kier alpha value is -2.16. The first-order valence-electron chi connectivity index (χ1n) is 5.91. The first-order valence-corrected chi connectivity index (χ1v) is 6.71. The fourth-order valence-electron chi connectivity index (χ4n) is 1.67. The zero-order valence-electron chi connectivity index (χ0n) is 10.9. The second kappa shape index (κ2) is 6.30. The van der Waals surface area contributed by atoms with Crippen molar-refractivity contribution in [3.63, 3.8) is 0 Å². The van der Waals surface area contributed by atoms with Gasteiger partial charge in [0.15, 0.2) is 0 Å². The lowest BCUT2D eigenvalue weighted by atomic mass is 10.2. The summed E-state index contributed by atoms with van der Waals surface area (Å²) in [6.45, 7) is -0.177. The fraction of sp³-hybridized carbons (Fsp3) is 0.154. The Morgan fingerprint density at radius 2 is 2.00 bits per heavy atom. The summed E-state index contributed by atoms with van der Waals surface area (Å²) in [7, 11) is 0. The van der Waals surface area contributed by atoms with Gasteiger partial charge in [0.2, 0.25) is 0 Å². The summed E-state index contributed by atoms with van der Waals surface area (Å²) in [5, 5.41) is 9.22. The number of pyridine rings is 2. The number of aromatic nitrogens is 2. The maximum atomic E-state index is 12.7. The summed E-state index contributed by atoms with van der Waals surface area (Å²) in [4.78, 5) is 19.3. The van der Waals surface area contributed by atoms with E-state index in [1.165, 1.54) is 12.3 Å². The minimum Gasteiger partial charge on any atom is -0.465 e. The molecular formula is C13H9BrF3N3O2. The van der Waals surface area contributed by atoms with Crippen LogP contribution in [0.3, 0.4) is 0 Å². The van der Waals surface area contributed by atoms with E-state index in [0.717, 1.165) is 11.1 Å². The number of carbonyl (C=O) groups is 1. The number of nitrogens with zero attached hydrogens (tertiary/aromatic N) is 3. The highest BCUT2D eigenvalue weighted by Crippen LogP contribution is 2.30. The summed E-state index contributed by atoms with van der Waals surface area (Å²) in [5.74, 6) is 0. The summed E-state index contributed by atoms with van der Waals surface area (Å²) < 4.78 is 38.7. The van der Waals surface area contributed by atoms with Crippen molar-refractivity contribution in [2.45, 2.75) is 12.7 Å². The lowest BCUT2D eigenvalue weighted by Gasteiger charge is -2.19. The largest absolute Gasteiger partial charge is 0.465 e. The van der Waals surface area contributed by atoms with Gasteiger partial charge in [-0.3, -0.25) is 14.9 Å². The molecule has 2 rings (SSSR count). The van der Waals surface area contributed by atoms with Crippen molar-refractivity contribution in [1.82, 2.24) is 9.97 Å². The molecule has 0 bridgehead atoms. The summed E-state index contributed by atoms with van der Waals surface area (Å²) >= 11 is 3.19. The molecule has 2 heterocycles. The van der Waals surface area contributed by atoms with Gasteiger partial charge >= 0.3 is 12.3 Å². The van der Waals surface area contributed by atoms with Crippen molar-refractivity contribution in [3.05, 3.63) is 52.5 Å². The smallest absolute Gasteiger partial charge is 0.433 e. The molecular weight excluding hydrogens is 367 g/mol. The lowest BCUT2D eigenvalue weighted by molar-refractivity contribution is -0.141. The van der Waals surface area contributed by atoms with E-state index in [-0.39, 0.29) is 12.2 Å². The molecule has 2 aromatic heterocycles. The van der Waals surface area contributed by atoms with Crippen LogP contribution < -0.4 is 4.90 Å². The van der Waals surface area contributed by atoms with Gasteiger partial charge in [0.05, 0.1) is 17.9 Å². The molecule has 0 saturated heterocycles. The highest BCUT2D eigenvalue weighted by Gasteiger charge is 2.33. The third-order valence-corrected chi connectivity index (χ3v) is 3.15. The standard InChI is InChI=1S/C13H9BrF3N3O2/c14-8-1-2-9(19-6-8)7-20(12(21)22)10-3-4-18-11(5-10)13(15,16)17/h1-6H,7H2,(H,21,22). The Balaban J connectivity index is 2.32. The van der Waals surface area contributed by atoms with Gasteiger partial charge in [-0.1, -0.05) is 0 Å². The van der Waals surface area contributed by atoms with Gasteiger partial charge in [0.25, 0.3) is 0 Å². The van der Waals surface area contributed by atoms with E-state index in [0.29, 0.717) is 16.2 Å².